The van der Waals surface area contributed by atoms with E-state index < -0.39 is 19.9 Å². The van der Waals surface area contributed by atoms with Crippen molar-refractivity contribution in [1.82, 2.24) is 14.5 Å². The molecular weight excluding hydrogens is 1150 g/mol. The van der Waals surface area contributed by atoms with Crippen molar-refractivity contribution in [2.24, 2.45) is 0 Å². The topological polar surface area (TPSA) is 81.2 Å². The Kier molecular flexibility index (Phi) is 14.0. The molecule has 0 saturated heterocycles. The molecular formula is C68H58FIrN3O3Si-2. The maximum Gasteiger partial charge on any atom is 0.292 e. The van der Waals surface area contributed by atoms with E-state index in [1.807, 2.05) is 67.7 Å². The van der Waals surface area contributed by atoms with Gasteiger partial charge in [-0.2, -0.15) is 0 Å². The van der Waals surface area contributed by atoms with Gasteiger partial charge in [0, 0.05) is 44.6 Å². The summed E-state index contributed by atoms with van der Waals surface area (Å²) in [6.45, 7) is 19.6. The van der Waals surface area contributed by atoms with E-state index in [0.29, 0.717) is 33.6 Å². The van der Waals surface area contributed by atoms with Gasteiger partial charge in [0.1, 0.15) is 5.58 Å². The predicted octanol–water partition coefficient (Wildman–Crippen LogP) is 17.4. The number of hydrogen-bond acceptors (Lipinski definition) is 4. The quantitative estimate of drug-likeness (QED) is 0.0885. The van der Waals surface area contributed by atoms with Crippen molar-refractivity contribution >= 4 is 73.7 Å². The maximum atomic E-state index is 15.5. The second kappa shape index (κ2) is 21.0. The van der Waals surface area contributed by atoms with E-state index in [4.69, 9.17) is 14.5 Å². The normalized spacial score (nSPS) is 13.0. The molecule has 0 bridgehead atoms. The summed E-state index contributed by atoms with van der Waals surface area (Å²) < 4.78 is 33.5. The number of aromatic nitrogens is 3. The molecule has 3 heterocycles. The van der Waals surface area contributed by atoms with Crippen LogP contribution in [0.2, 0.25) is 19.6 Å². The van der Waals surface area contributed by atoms with Crippen LogP contribution in [-0.4, -0.2) is 33.7 Å². The summed E-state index contributed by atoms with van der Waals surface area (Å²) in [6, 6.07) is 60.2. The second-order valence-corrected chi connectivity index (χ2v) is 26.1. The number of rotatable bonds is 9. The van der Waals surface area contributed by atoms with Crippen LogP contribution in [-0.2, 0) is 20.1 Å². The first-order valence-corrected chi connectivity index (χ1v) is 29.2. The maximum absolute atomic E-state index is 15.5. The summed E-state index contributed by atoms with van der Waals surface area (Å²) in [4.78, 5) is 21.1. The third kappa shape index (κ3) is 9.62. The summed E-state index contributed by atoms with van der Waals surface area (Å²) >= 11 is 0. The van der Waals surface area contributed by atoms with Gasteiger partial charge in [-0.05, 0) is 152 Å². The van der Waals surface area contributed by atoms with Crippen LogP contribution in [0.1, 0.15) is 70.8 Å². The van der Waals surface area contributed by atoms with Crippen molar-refractivity contribution in [1.29, 1.82) is 0 Å². The van der Waals surface area contributed by atoms with Gasteiger partial charge in [0.15, 0.2) is 0 Å². The number of carboxylic acids is 1. The van der Waals surface area contributed by atoms with Gasteiger partial charge in [-0.3, -0.25) is 14.2 Å². The molecule has 0 aliphatic heterocycles. The van der Waals surface area contributed by atoms with Crippen LogP contribution in [0.4, 0.5) is 4.39 Å². The average molecular weight is 1210 g/mol. The van der Waals surface area contributed by atoms with Gasteiger partial charge in [0.2, 0.25) is 0 Å². The van der Waals surface area contributed by atoms with Crippen molar-refractivity contribution in [3.05, 3.63) is 227 Å². The molecule has 2 atom stereocenters. The largest absolute Gasteiger partial charge is 0.500 e. The van der Waals surface area contributed by atoms with Crippen molar-refractivity contribution < 1.29 is 40.2 Å². The van der Waals surface area contributed by atoms with Gasteiger partial charge in [0.25, 0.3) is 5.97 Å². The minimum Gasteiger partial charge on any atom is -0.500 e. The number of furan rings is 1. The fourth-order valence-electron chi connectivity index (χ4n) is 11.0. The standard InChI is InChI=1S/C43H30FN2O.C25H28NO2Si.Ir/c1-24-20-29(28-12-6-5-7-13-28)21-25(2)41(24)46-38-23-34-27(4)26(3)30-14-8-9-15-31(30)35(34)22-37(38)45-43(46)33-18-19-36(44)40-32-16-10-11-17-39(32)47-42(33)40;1-17(19-9-7-6-8-10-19)18(2)22-15-23(26-16-24(22)29(3,4)5)20-11-13-21(14-12-20)25(27)28;/h5-17,19-23H,1-4H3;6-11,13-18H,1-5H3,(H,27,28);/q2*-1;/i;18D;. The zero-order valence-corrected chi connectivity index (χ0v) is 48.0. The number of benzene rings is 9. The molecule has 2 unspecified atom stereocenters. The molecule has 12 rings (SSSR count). The van der Waals surface area contributed by atoms with E-state index >= 15 is 4.39 Å². The van der Waals surface area contributed by atoms with E-state index in [9.17, 15) is 6.17 Å². The molecule has 0 aliphatic rings. The minimum absolute atomic E-state index is 0. The van der Waals surface area contributed by atoms with E-state index in [2.05, 4.69) is 161 Å². The molecule has 9 heteroatoms. The van der Waals surface area contributed by atoms with E-state index in [-0.39, 0.29) is 37.4 Å². The fraction of sp³-hybridized carbons (Fsp3) is 0.162. The van der Waals surface area contributed by atoms with Gasteiger partial charge in [0.05, 0.1) is 30.5 Å². The Labute approximate surface area is 465 Å². The molecule has 3 aromatic heterocycles. The number of hydrogen-bond donors (Lipinski definition) is 1. The van der Waals surface area contributed by atoms with Gasteiger partial charge >= 0.3 is 0 Å². The van der Waals surface area contributed by atoms with Crippen molar-refractivity contribution in [2.45, 2.75) is 73.0 Å². The first-order chi connectivity index (χ1) is 36.9. The van der Waals surface area contributed by atoms with Crippen molar-refractivity contribution in [2.75, 3.05) is 0 Å². The number of aryl methyl sites for hydroxylation is 4. The third-order valence-corrected chi connectivity index (χ3v) is 17.3. The van der Waals surface area contributed by atoms with Gasteiger partial charge in [-0.15, -0.1) is 42.0 Å². The molecule has 77 heavy (non-hydrogen) atoms. The smallest absolute Gasteiger partial charge is 0.292 e. The summed E-state index contributed by atoms with van der Waals surface area (Å²) in [5.74, 6) is -1.54. The molecule has 0 saturated carbocycles. The summed E-state index contributed by atoms with van der Waals surface area (Å²) in [5, 5.41) is 16.3. The van der Waals surface area contributed by atoms with E-state index in [0.717, 1.165) is 60.9 Å². The zero-order chi connectivity index (χ0) is 54.1. The van der Waals surface area contributed by atoms with Crippen molar-refractivity contribution in [3.8, 4) is 39.5 Å². The Morgan fingerprint density at radius 2 is 1.35 bits per heavy atom. The molecule has 6 nitrogen and oxygen atoms in total. The van der Waals surface area contributed by atoms with E-state index in [1.54, 1.807) is 12.1 Å². The summed E-state index contributed by atoms with van der Waals surface area (Å²) in [5.41, 5.74) is 15.4. The van der Waals surface area contributed by atoms with Crippen LogP contribution in [0, 0.1) is 45.6 Å². The molecule has 9 aromatic carbocycles. The second-order valence-electron chi connectivity index (χ2n) is 21.1. The van der Waals surface area contributed by atoms with Gasteiger partial charge in [-0.1, -0.05) is 154 Å². The number of halogens is 1. The van der Waals surface area contributed by atoms with Crippen LogP contribution in [0.25, 0.3) is 94.0 Å². The number of nitrogens with zero attached hydrogens (tertiary/aromatic N) is 3. The number of carboxylic acid groups (broad SMARTS) is 1. The SMILES string of the molecule is Cc1cc(-c2ccccc2)cc(C)c1-n1c(-c2[c-]cc(F)c3c2oc2ccccc23)nc2cc3c(cc21)c(C)c(C)c1ccccc13.[2H]C(C)(c1cc(-c2[c-]cc(C(=O)O)cc2)ncc1[Si](C)(C)C)C(C)c1ccccc1.[Ir]. The van der Waals surface area contributed by atoms with Crippen LogP contribution < -0.4 is 5.19 Å². The van der Waals surface area contributed by atoms with Crippen LogP contribution in [0.15, 0.2) is 174 Å². The minimum atomic E-state index is -1.75. The van der Waals surface area contributed by atoms with Crippen LogP contribution in [0.3, 0.4) is 0 Å². The number of para-hydroxylation sites is 1. The fourth-order valence-corrected chi connectivity index (χ4v) is 12.5. The van der Waals surface area contributed by atoms with Gasteiger partial charge in [-0.25, -0.2) is 0 Å². The Balaban J connectivity index is 0.000000193. The molecule has 12 aromatic rings. The number of pyridine rings is 1. The molecule has 1 radical (unpaired) electrons. The first kappa shape index (κ1) is 51.3. The average Bonchev–Trinajstić information content (AvgIpc) is 4.23. The number of imidazole rings is 1. The zero-order valence-electron chi connectivity index (χ0n) is 45.6. The third-order valence-electron chi connectivity index (χ3n) is 15.3. The molecule has 0 aliphatic carbocycles. The van der Waals surface area contributed by atoms with Gasteiger partial charge < -0.3 is 19.1 Å². The Bertz CT molecular complexity index is 4260. The molecule has 0 amide bonds. The number of fused-ring (bicyclic) bond motifs is 7. The van der Waals surface area contributed by atoms with Crippen LogP contribution in [0.5, 0.6) is 0 Å². The van der Waals surface area contributed by atoms with Crippen molar-refractivity contribution in [3.63, 3.8) is 0 Å². The predicted molar refractivity (Wildman–Crippen MR) is 314 cm³/mol. The Hall–Kier alpha value is -7.81. The van der Waals surface area contributed by atoms with Crippen LogP contribution >= 0.6 is 0 Å². The summed E-state index contributed by atoms with van der Waals surface area (Å²) in [7, 11) is -1.75. The molecule has 1 N–H and O–H groups in total. The molecule has 0 fully saturated rings. The monoisotopic (exact) mass is 1210 g/mol. The molecule has 385 valence electrons. The molecule has 0 spiro atoms. The summed E-state index contributed by atoms with van der Waals surface area (Å²) in [6.07, 6.45) is 1.92. The first-order valence-electron chi connectivity index (χ1n) is 26.2. The number of carbonyl (C=O) groups is 1. The number of aromatic carboxylic acids is 1. The Morgan fingerprint density at radius 3 is 2.01 bits per heavy atom. The Morgan fingerprint density at radius 1 is 0.714 bits per heavy atom. The van der Waals surface area contributed by atoms with E-state index in [1.165, 1.54) is 50.2 Å².